The summed E-state index contributed by atoms with van der Waals surface area (Å²) >= 11 is 0. The van der Waals surface area contributed by atoms with E-state index in [0.717, 1.165) is 0 Å². The van der Waals surface area contributed by atoms with E-state index in [2.05, 4.69) is 10.6 Å². The van der Waals surface area contributed by atoms with Gasteiger partial charge in [-0.25, -0.2) is 9.18 Å². The zero-order valence-corrected chi connectivity index (χ0v) is 12.0. The van der Waals surface area contributed by atoms with Gasteiger partial charge in [0.15, 0.2) is 0 Å². The van der Waals surface area contributed by atoms with Gasteiger partial charge in [-0.3, -0.25) is 0 Å². The Morgan fingerprint density at radius 1 is 1.40 bits per heavy atom. The van der Waals surface area contributed by atoms with Crippen LogP contribution in [0.2, 0.25) is 0 Å². The van der Waals surface area contributed by atoms with Gasteiger partial charge in [-0.1, -0.05) is 13.8 Å². The first-order chi connectivity index (χ1) is 9.50. The average Bonchev–Trinajstić information content (AvgIpc) is 2.47. The fourth-order valence-corrected chi connectivity index (χ4v) is 1.81. The summed E-state index contributed by atoms with van der Waals surface area (Å²) < 4.78 is 18.6. The smallest absolute Gasteiger partial charge is 0.319 e. The molecule has 0 saturated heterocycles. The molecule has 0 aliphatic rings. The molecule has 1 rings (SSSR count). The molecule has 0 aliphatic carbocycles. The lowest BCUT2D eigenvalue weighted by atomic mass is 9.94. The molecule has 3 N–H and O–H groups in total. The van der Waals surface area contributed by atoms with Crippen LogP contribution in [0.5, 0.6) is 5.75 Å². The Morgan fingerprint density at radius 2 is 2.05 bits per heavy atom. The molecule has 0 aliphatic heterocycles. The molecule has 0 radical (unpaired) electrons. The van der Waals surface area contributed by atoms with E-state index in [1.165, 1.54) is 25.3 Å². The summed E-state index contributed by atoms with van der Waals surface area (Å²) in [5.74, 6) is -0.107. The van der Waals surface area contributed by atoms with Crippen LogP contribution in [0.3, 0.4) is 0 Å². The Labute approximate surface area is 118 Å². The monoisotopic (exact) mass is 284 g/mol. The summed E-state index contributed by atoms with van der Waals surface area (Å²) in [6.45, 7) is 3.56. The molecular weight excluding hydrogens is 263 g/mol. The van der Waals surface area contributed by atoms with Crippen LogP contribution in [-0.2, 0) is 0 Å². The zero-order valence-electron chi connectivity index (χ0n) is 12.0. The summed E-state index contributed by atoms with van der Waals surface area (Å²) in [6, 6.07) is 3.52. The maximum absolute atomic E-state index is 13.6. The minimum Gasteiger partial charge on any atom is -0.497 e. The maximum atomic E-state index is 13.6. The van der Waals surface area contributed by atoms with Gasteiger partial charge >= 0.3 is 6.03 Å². The van der Waals surface area contributed by atoms with Crippen LogP contribution in [0.15, 0.2) is 18.2 Å². The number of amides is 2. The number of halogens is 1. The Morgan fingerprint density at radius 3 is 2.55 bits per heavy atom. The number of hydrogen-bond acceptors (Lipinski definition) is 3. The molecule has 0 heterocycles. The summed E-state index contributed by atoms with van der Waals surface area (Å²) in [4.78, 5) is 11.9. The van der Waals surface area contributed by atoms with Gasteiger partial charge in [0.2, 0.25) is 0 Å². The van der Waals surface area contributed by atoms with Crippen LogP contribution < -0.4 is 15.4 Å². The summed E-state index contributed by atoms with van der Waals surface area (Å²) in [6.07, 6.45) is 1.15. The summed E-state index contributed by atoms with van der Waals surface area (Å²) in [7, 11) is 1.46. The van der Waals surface area contributed by atoms with Crippen molar-refractivity contribution in [2.45, 2.75) is 32.2 Å². The summed E-state index contributed by atoms with van der Waals surface area (Å²) in [5, 5.41) is 14.5. The normalized spacial score (nSPS) is 11.1. The maximum Gasteiger partial charge on any atom is 0.319 e. The second-order valence-corrected chi connectivity index (χ2v) is 4.57. The number of aliphatic hydroxyl groups is 1. The molecule has 0 unspecified atom stereocenters. The van der Waals surface area contributed by atoms with Gasteiger partial charge in [0.25, 0.3) is 0 Å². The van der Waals surface area contributed by atoms with Gasteiger partial charge in [0, 0.05) is 6.07 Å². The number of anilines is 1. The molecule has 0 atom stereocenters. The van der Waals surface area contributed by atoms with Crippen LogP contribution in [0.25, 0.3) is 0 Å². The molecular formula is C14H21FN2O3. The minimum absolute atomic E-state index is 0.0286. The van der Waals surface area contributed by atoms with E-state index in [1.54, 1.807) is 0 Å². The second kappa shape index (κ2) is 7.09. The van der Waals surface area contributed by atoms with E-state index in [9.17, 15) is 14.3 Å². The molecule has 5 nitrogen and oxygen atoms in total. The van der Waals surface area contributed by atoms with Crippen molar-refractivity contribution in [3.8, 4) is 5.75 Å². The summed E-state index contributed by atoms with van der Waals surface area (Å²) in [5.41, 5.74) is -0.666. The van der Waals surface area contributed by atoms with Gasteiger partial charge in [0.05, 0.1) is 24.9 Å². The SMILES string of the molecule is CCC(CC)(CO)NC(=O)Nc1cc(OC)ccc1F. The highest BCUT2D eigenvalue weighted by atomic mass is 19.1. The predicted molar refractivity (Wildman–Crippen MR) is 75.5 cm³/mol. The standard InChI is InChI=1S/C14H21FN2O3/c1-4-14(5-2,9-18)17-13(19)16-12-8-10(20-3)6-7-11(12)15/h6-8,18H,4-5,9H2,1-3H3,(H2,16,17,19). The zero-order chi connectivity index (χ0) is 15.2. The molecule has 112 valence electrons. The third-order valence-corrected chi connectivity index (χ3v) is 3.46. The van der Waals surface area contributed by atoms with Crippen LogP contribution in [-0.4, -0.2) is 30.4 Å². The second-order valence-electron chi connectivity index (χ2n) is 4.57. The van der Waals surface area contributed by atoms with Crippen molar-refractivity contribution in [2.24, 2.45) is 0 Å². The largest absolute Gasteiger partial charge is 0.497 e. The molecule has 1 aromatic rings. The molecule has 0 saturated carbocycles. The Kier molecular flexibility index (Phi) is 5.76. The lowest BCUT2D eigenvalue weighted by Gasteiger charge is -2.30. The number of ether oxygens (including phenoxy) is 1. The van der Waals surface area contributed by atoms with Crippen molar-refractivity contribution in [3.05, 3.63) is 24.0 Å². The lowest BCUT2D eigenvalue weighted by molar-refractivity contribution is 0.155. The Hall–Kier alpha value is -1.82. The number of rotatable bonds is 6. The van der Waals surface area contributed by atoms with Gasteiger partial charge in [-0.2, -0.15) is 0 Å². The Balaban J connectivity index is 2.80. The number of urea groups is 1. The fraction of sp³-hybridized carbons (Fsp3) is 0.500. The molecule has 2 amide bonds. The topological polar surface area (TPSA) is 70.6 Å². The number of nitrogens with one attached hydrogen (secondary N) is 2. The highest BCUT2D eigenvalue weighted by Crippen LogP contribution is 2.21. The van der Waals surface area contributed by atoms with Crippen molar-refractivity contribution in [3.63, 3.8) is 0 Å². The molecule has 0 aromatic heterocycles. The number of hydrogen-bond donors (Lipinski definition) is 3. The first kappa shape index (κ1) is 16.2. The van der Waals surface area contributed by atoms with Crippen LogP contribution in [0, 0.1) is 5.82 Å². The van der Waals surface area contributed by atoms with Gasteiger partial charge in [-0.05, 0) is 25.0 Å². The molecule has 6 heteroatoms. The first-order valence-corrected chi connectivity index (χ1v) is 6.53. The lowest BCUT2D eigenvalue weighted by Crippen LogP contribution is -2.52. The predicted octanol–water partition coefficient (Wildman–Crippen LogP) is 2.51. The van der Waals surface area contributed by atoms with Crippen molar-refractivity contribution >= 4 is 11.7 Å². The van der Waals surface area contributed by atoms with Crippen molar-refractivity contribution < 1.29 is 19.0 Å². The average molecular weight is 284 g/mol. The Bertz CT molecular complexity index is 453. The van der Waals surface area contributed by atoms with Crippen molar-refractivity contribution in [2.75, 3.05) is 19.0 Å². The third-order valence-electron chi connectivity index (χ3n) is 3.46. The fourth-order valence-electron chi connectivity index (χ4n) is 1.81. The number of carbonyl (C=O) groups is 1. The number of carbonyl (C=O) groups excluding carboxylic acids is 1. The molecule has 20 heavy (non-hydrogen) atoms. The highest BCUT2D eigenvalue weighted by Gasteiger charge is 2.27. The van der Waals surface area contributed by atoms with Crippen molar-refractivity contribution in [1.29, 1.82) is 0 Å². The number of aliphatic hydroxyl groups excluding tert-OH is 1. The van der Waals surface area contributed by atoms with Crippen LogP contribution in [0.1, 0.15) is 26.7 Å². The molecule has 0 fully saturated rings. The molecule has 0 spiro atoms. The number of methoxy groups -OCH3 is 1. The van der Waals surface area contributed by atoms with Crippen molar-refractivity contribution in [1.82, 2.24) is 5.32 Å². The van der Waals surface area contributed by atoms with E-state index in [1.807, 2.05) is 13.8 Å². The van der Waals surface area contributed by atoms with E-state index < -0.39 is 17.4 Å². The van der Waals surface area contributed by atoms with Crippen LogP contribution in [0.4, 0.5) is 14.9 Å². The van der Waals surface area contributed by atoms with E-state index >= 15 is 0 Å². The van der Waals surface area contributed by atoms with Gasteiger partial charge in [0.1, 0.15) is 11.6 Å². The van der Waals surface area contributed by atoms with Crippen LogP contribution >= 0.6 is 0 Å². The number of benzene rings is 1. The molecule has 1 aromatic carbocycles. The third kappa shape index (κ3) is 3.84. The van der Waals surface area contributed by atoms with E-state index in [4.69, 9.17) is 4.74 Å². The highest BCUT2D eigenvalue weighted by molar-refractivity contribution is 5.90. The molecule has 0 bridgehead atoms. The minimum atomic E-state index is -0.695. The van der Waals surface area contributed by atoms with Gasteiger partial charge in [-0.15, -0.1) is 0 Å². The quantitative estimate of drug-likeness (QED) is 0.751. The van der Waals surface area contributed by atoms with E-state index in [0.29, 0.717) is 18.6 Å². The van der Waals surface area contributed by atoms with Gasteiger partial charge < -0.3 is 20.5 Å². The first-order valence-electron chi connectivity index (χ1n) is 6.53. The van der Waals surface area contributed by atoms with E-state index in [-0.39, 0.29) is 12.3 Å².